The molecule has 4 rings (SSSR count). The molecule has 0 atom stereocenters. The predicted molar refractivity (Wildman–Crippen MR) is 117 cm³/mol. The largest absolute Gasteiger partial charge is 0.471 e. The summed E-state index contributed by atoms with van der Waals surface area (Å²) in [6.07, 6.45) is 1.74. The Labute approximate surface area is 185 Å². The Bertz CT molecular complexity index is 1020. The number of ether oxygens (including phenoxy) is 1. The van der Waals surface area contributed by atoms with Gasteiger partial charge >= 0.3 is 0 Å². The number of carbonyl (C=O) groups excluding carboxylic acids is 1. The number of carbonyl (C=O) groups is 1. The Hall–Kier alpha value is -2.54. The summed E-state index contributed by atoms with van der Waals surface area (Å²) in [5, 5.41) is 5.71. The summed E-state index contributed by atoms with van der Waals surface area (Å²) in [6, 6.07) is 16.8. The number of piperazine rings is 1. The zero-order valence-electron chi connectivity index (χ0n) is 16.4. The molecule has 8 heteroatoms. The van der Waals surface area contributed by atoms with Crippen LogP contribution in [0.15, 0.2) is 60.8 Å². The van der Waals surface area contributed by atoms with Crippen molar-refractivity contribution in [2.75, 3.05) is 26.2 Å². The van der Waals surface area contributed by atoms with Gasteiger partial charge in [0.15, 0.2) is 12.4 Å². The lowest BCUT2D eigenvalue weighted by Gasteiger charge is -2.34. The summed E-state index contributed by atoms with van der Waals surface area (Å²) in [5.41, 5.74) is 1.61. The van der Waals surface area contributed by atoms with Crippen LogP contribution >= 0.6 is 23.2 Å². The van der Waals surface area contributed by atoms with Crippen LogP contribution in [0.5, 0.6) is 5.75 Å². The number of nitrogens with zero attached hydrogens (tertiary/aromatic N) is 4. The van der Waals surface area contributed by atoms with Crippen LogP contribution in [0.25, 0.3) is 0 Å². The first-order chi connectivity index (χ1) is 14.6. The lowest BCUT2D eigenvalue weighted by Crippen LogP contribution is -2.48. The maximum Gasteiger partial charge on any atom is 0.274 e. The van der Waals surface area contributed by atoms with Crippen molar-refractivity contribution in [1.82, 2.24) is 19.6 Å². The standard InChI is InChI=1S/C22H22Cl2N4O2/c23-18-4-1-3-17(13-18)15-26-9-11-27(12-10-26)22(29)21-7-8-28(25-21)16-30-20-6-2-5-19(24)14-20/h1-8,13-14H,9-12,15-16H2. The van der Waals surface area contributed by atoms with Gasteiger partial charge in [-0.2, -0.15) is 5.10 Å². The third-order valence-corrected chi connectivity index (χ3v) is 5.44. The van der Waals surface area contributed by atoms with Gasteiger partial charge in [0.25, 0.3) is 5.91 Å². The van der Waals surface area contributed by atoms with Crippen LogP contribution in [0.2, 0.25) is 10.0 Å². The number of benzene rings is 2. The van der Waals surface area contributed by atoms with Crippen LogP contribution in [0.1, 0.15) is 16.1 Å². The van der Waals surface area contributed by atoms with Crippen LogP contribution in [-0.4, -0.2) is 51.7 Å². The first-order valence-electron chi connectivity index (χ1n) is 9.75. The Morgan fingerprint density at radius 2 is 1.70 bits per heavy atom. The van der Waals surface area contributed by atoms with Gasteiger partial charge in [-0.05, 0) is 42.0 Å². The van der Waals surface area contributed by atoms with E-state index in [0.29, 0.717) is 29.6 Å². The Balaban J connectivity index is 1.28. The molecule has 2 heterocycles. The minimum atomic E-state index is -0.0566. The van der Waals surface area contributed by atoms with Gasteiger partial charge in [-0.1, -0.05) is 41.4 Å². The fraction of sp³-hybridized carbons (Fsp3) is 0.273. The van der Waals surface area contributed by atoms with Crippen molar-refractivity contribution in [3.8, 4) is 5.75 Å². The maximum absolute atomic E-state index is 12.8. The zero-order valence-corrected chi connectivity index (χ0v) is 17.9. The van der Waals surface area contributed by atoms with E-state index >= 15 is 0 Å². The van der Waals surface area contributed by atoms with Crippen LogP contribution in [-0.2, 0) is 13.3 Å². The number of aromatic nitrogens is 2. The molecule has 1 amide bonds. The highest BCUT2D eigenvalue weighted by Crippen LogP contribution is 2.18. The van der Waals surface area contributed by atoms with Gasteiger partial charge in [0.05, 0.1) is 0 Å². The van der Waals surface area contributed by atoms with Crippen LogP contribution in [0, 0.1) is 0 Å². The average Bonchev–Trinajstić information content (AvgIpc) is 3.22. The van der Waals surface area contributed by atoms with E-state index in [0.717, 1.165) is 24.7 Å². The van der Waals surface area contributed by atoms with Crippen molar-refractivity contribution in [2.24, 2.45) is 0 Å². The lowest BCUT2D eigenvalue weighted by molar-refractivity contribution is 0.0621. The third-order valence-electron chi connectivity index (χ3n) is 4.97. The van der Waals surface area contributed by atoms with Crippen molar-refractivity contribution in [3.05, 3.63) is 82.1 Å². The molecule has 0 aliphatic carbocycles. The van der Waals surface area contributed by atoms with Gasteiger partial charge in [-0.3, -0.25) is 9.69 Å². The number of halogens is 2. The van der Waals surface area contributed by atoms with Gasteiger partial charge in [-0.25, -0.2) is 4.68 Å². The maximum atomic E-state index is 12.8. The van der Waals surface area contributed by atoms with Crippen molar-refractivity contribution in [1.29, 1.82) is 0 Å². The predicted octanol–water partition coefficient (Wildman–Crippen LogP) is 4.18. The number of rotatable bonds is 6. The molecule has 0 radical (unpaired) electrons. The highest BCUT2D eigenvalue weighted by molar-refractivity contribution is 6.30. The molecule has 30 heavy (non-hydrogen) atoms. The molecular formula is C22H22Cl2N4O2. The normalized spacial score (nSPS) is 14.7. The lowest BCUT2D eigenvalue weighted by atomic mass is 10.2. The van der Waals surface area contributed by atoms with Crippen LogP contribution in [0.3, 0.4) is 0 Å². The van der Waals surface area contributed by atoms with Gasteiger partial charge < -0.3 is 9.64 Å². The van der Waals surface area contributed by atoms with Crippen LogP contribution in [0.4, 0.5) is 0 Å². The molecule has 0 spiro atoms. The fourth-order valence-electron chi connectivity index (χ4n) is 3.41. The van der Waals surface area contributed by atoms with E-state index in [1.165, 1.54) is 5.56 Å². The second-order valence-electron chi connectivity index (χ2n) is 7.17. The quantitative estimate of drug-likeness (QED) is 0.571. The molecule has 0 saturated carbocycles. The molecular weight excluding hydrogens is 423 g/mol. The SMILES string of the molecule is O=C(c1ccn(COc2cccc(Cl)c2)n1)N1CCN(Cc2cccc(Cl)c2)CC1. The molecule has 6 nitrogen and oxygen atoms in total. The first-order valence-corrected chi connectivity index (χ1v) is 10.5. The highest BCUT2D eigenvalue weighted by Gasteiger charge is 2.23. The van der Waals surface area contributed by atoms with E-state index < -0.39 is 0 Å². The van der Waals surface area contributed by atoms with Gasteiger partial charge in [0, 0.05) is 49.0 Å². The van der Waals surface area contributed by atoms with Gasteiger partial charge in [-0.15, -0.1) is 0 Å². The molecule has 3 aromatic rings. The average molecular weight is 445 g/mol. The summed E-state index contributed by atoms with van der Waals surface area (Å²) in [4.78, 5) is 17.0. The minimum Gasteiger partial charge on any atom is -0.471 e. The third kappa shape index (κ3) is 5.33. The van der Waals surface area contributed by atoms with Gasteiger partial charge in [0.1, 0.15) is 5.75 Å². The second-order valence-corrected chi connectivity index (χ2v) is 8.04. The Morgan fingerprint density at radius 3 is 2.43 bits per heavy atom. The van der Waals surface area contributed by atoms with E-state index in [1.54, 1.807) is 29.1 Å². The van der Waals surface area contributed by atoms with Crippen molar-refractivity contribution >= 4 is 29.1 Å². The van der Waals surface area contributed by atoms with Gasteiger partial charge in [0.2, 0.25) is 0 Å². The molecule has 1 aliphatic rings. The summed E-state index contributed by atoms with van der Waals surface area (Å²) in [7, 11) is 0. The topological polar surface area (TPSA) is 50.6 Å². The van der Waals surface area contributed by atoms with E-state index in [-0.39, 0.29) is 12.6 Å². The molecule has 2 aromatic carbocycles. The van der Waals surface area contributed by atoms with Crippen molar-refractivity contribution in [3.63, 3.8) is 0 Å². The van der Waals surface area contributed by atoms with Crippen LogP contribution < -0.4 is 4.74 Å². The molecule has 1 fully saturated rings. The smallest absolute Gasteiger partial charge is 0.274 e. The van der Waals surface area contributed by atoms with E-state index in [1.807, 2.05) is 35.2 Å². The zero-order chi connectivity index (χ0) is 20.9. The monoisotopic (exact) mass is 444 g/mol. The van der Waals surface area contributed by atoms with E-state index in [2.05, 4.69) is 16.1 Å². The van der Waals surface area contributed by atoms with Crippen molar-refractivity contribution < 1.29 is 9.53 Å². The highest BCUT2D eigenvalue weighted by atomic mass is 35.5. The number of hydrogen-bond donors (Lipinski definition) is 0. The number of amides is 1. The summed E-state index contributed by atoms with van der Waals surface area (Å²) in [6.45, 7) is 4.02. The van der Waals surface area contributed by atoms with E-state index in [9.17, 15) is 4.79 Å². The summed E-state index contributed by atoms with van der Waals surface area (Å²) in [5.74, 6) is 0.598. The molecule has 1 aromatic heterocycles. The second kappa shape index (κ2) is 9.51. The first kappa shape index (κ1) is 20.7. The molecule has 1 saturated heterocycles. The minimum absolute atomic E-state index is 0.0566. The molecule has 0 unspecified atom stereocenters. The Morgan fingerprint density at radius 1 is 0.967 bits per heavy atom. The molecule has 156 valence electrons. The summed E-state index contributed by atoms with van der Waals surface area (Å²) >= 11 is 12.0. The summed E-state index contributed by atoms with van der Waals surface area (Å²) < 4.78 is 7.27. The van der Waals surface area contributed by atoms with Crippen molar-refractivity contribution in [2.45, 2.75) is 13.3 Å². The Kier molecular flexibility index (Phi) is 6.57. The molecule has 0 bridgehead atoms. The number of hydrogen-bond acceptors (Lipinski definition) is 4. The fourth-order valence-corrected chi connectivity index (χ4v) is 3.80. The van der Waals surface area contributed by atoms with E-state index in [4.69, 9.17) is 27.9 Å². The molecule has 0 N–H and O–H groups in total. The molecule has 1 aliphatic heterocycles.